The van der Waals surface area contributed by atoms with Crippen LogP contribution in [-0.4, -0.2) is 77.5 Å². The van der Waals surface area contributed by atoms with Gasteiger partial charge in [-0.3, -0.25) is 19.3 Å². The highest BCUT2D eigenvalue weighted by atomic mass is 32.2. The van der Waals surface area contributed by atoms with Crippen molar-refractivity contribution >= 4 is 80.9 Å². The summed E-state index contributed by atoms with van der Waals surface area (Å²) >= 11 is 4.78. The first-order valence-corrected chi connectivity index (χ1v) is 15.8. The number of aromatic nitrogens is 4. The summed E-state index contributed by atoms with van der Waals surface area (Å²) in [7, 11) is 1.92. The summed E-state index contributed by atoms with van der Waals surface area (Å²) in [6.45, 7) is 3.14. The van der Waals surface area contributed by atoms with Crippen LogP contribution in [0.3, 0.4) is 0 Å². The third kappa shape index (κ3) is 6.15. The number of aliphatic carboxylic acids is 1. The van der Waals surface area contributed by atoms with Gasteiger partial charge in [-0.2, -0.15) is 9.36 Å². The van der Waals surface area contributed by atoms with Gasteiger partial charge in [0.1, 0.15) is 30.8 Å². The molecule has 2 atom stereocenters. The highest BCUT2D eigenvalue weighted by molar-refractivity contribution is 8.07. The molecule has 1 fully saturated rings. The summed E-state index contributed by atoms with van der Waals surface area (Å²) in [6, 6.07) is 2.88. The molecule has 2 aliphatic rings. The van der Waals surface area contributed by atoms with E-state index in [0.717, 1.165) is 22.8 Å². The Morgan fingerprint density at radius 2 is 2.05 bits per heavy atom. The van der Waals surface area contributed by atoms with Gasteiger partial charge in [-0.25, -0.2) is 14.3 Å². The number of nitrogens with one attached hydrogen (secondary N) is 2. The maximum Gasteiger partial charge on any atom is 0.353 e. The molecule has 2 aliphatic heterocycles. The second kappa shape index (κ2) is 12.6. The monoisotopic (exact) mass is 647 g/mol. The number of carboxylic acid groups (broad SMARTS) is 1. The van der Waals surface area contributed by atoms with Crippen LogP contribution in [-0.2, 0) is 31.1 Å². The molecule has 3 aromatic heterocycles. The number of amides is 3. The van der Waals surface area contributed by atoms with Gasteiger partial charge in [-0.1, -0.05) is 16.9 Å². The van der Waals surface area contributed by atoms with E-state index in [4.69, 9.17) is 4.84 Å². The van der Waals surface area contributed by atoms with Gasteiger partial charge in [0.25, 0.3) is 11.8 Å². The average Bonchev–Trinajstić information content (AvgIpc) is 3.61. The van der Waals surface area contributed by atoms with E-state index >= 15 is 0 Å². The van der Waals surface area contributed by atoms with E-state index in [0.29, 0.717) is 15.0 Å². The number of fused-ring (bicyclic) bond motifs is 1. The molecule has 0 aliphatic carbocycles. The number of anilines is 1. The van der Waals surface area contributed by atoms with Crippen LogP contribution in [0, 0.1) is 0 Å². The van der Waals surface area contributed by atoms with Crippen LogP contribution in [0.4, 0.5) is 5.13 Å². The zero-order chi connectivity index (χ0) is 30.0. The molecule has 218 valence electrons. The largest absolute Gasteiger partial charge is 0.477 e. The number of β-lactam (4-membered cyclic amide) rings is 1. The van der Waals surface area contributed by atoms with Crippen molar-refractivity contribution in [3.05, 3.63) is 46.3 Å². The van der Waals surface area contributed by atoms with Crippen molar-refractivity contribution in [2.45, 2.75) is 29.6 Å². The summed E-state index contributed by atoms with van der Waals surface area (Å²) in [6.07, 6.45) is 3.83. The van der Waals surface area contributed by atoms with Gasteiger partial charge in [0, 0.05) is 52.2 Å². The van der Waals surface area contributed by atoms with E-state index in [1.807, 2.05) is 41.5 Å². The normalized spacial score (nSPS) is 18.3. The lowest BCUT2D eigenvalue weighted by Crippen LogP contribution is -2.71. The Bertz CT molecular complexity index is 1620. The number of rotatable bonds is 10. The number of carboxylic acids is 1. The molecule has 0 saturated carbocycles. The van der Waals surface area contributed by atoms with Gasteiger partial charge in [0.15, 0.2) is 16.7 Å². The first-order chi connectivity index (χ1) is 20.2. The maximum absolute atomic E-state index is 13.2. The van der Waals surface area contributed by atoms with E-state index < -0.39 is 29.2 Å². The molecule has 0 radical (unpaired) electrons. The molecule has 42 heavy (non-hydrogen) atoms. The van der Waals surface area contributed by atoms with Crippen molar-refractivity contribution < 1.29 is 33.7 Å². The first kappa shape index (κ1) is 29.6. The number of aryl methyl sites for hydroxylation is 1. The lowest BCUT2D eigenvalue weighted by Gasteiger charge is -2.49. The van der Waals surface area contributed by atoms with Crippen molar-refractivity contribution in [2.24, 2.45) is 12.2 Å². The van der Waals surface area contributed by atoms with E-state index in [-0.39, 0.29) is 34.9 Å². The van der Waals surface area contributed by atoms with E-state index in [9.17, 15) is 24.3 Å². The van der Waals surface area contributed by atoms with Crippen LogP contribution in [0.5, 0.6) is 0 Å². The molecule has 0 aromatic carbocycles. The van der Waals surface area contributed by atoms with Gasteiger partial charge in [0.05, 0.1) is 5.69 Å². The predicted octanol–water partition coefficient (Wildman–Crippen LogP) is 1.67. The number of hydrogen-bond acceptors (Lipinski definition) is 13. The molecule has 3 amide bonds. The third-order valence-electron chi connectivity index (χ3n) is 5.81. The smallest absolute Gasteiger partial charge is 0.353 e. The SMILES string of the molecule is CCO/N=C(/C(=O)N[C@@H]1C(=O)N2C(C(=O)O)=C(Sc3nc(-c4cc[n+](C)cc4)cs3)CS[C@H]12)c1nsc(NC(C)=O)n1. The fraction of sp³-hybridized carbons (Fsp3) is 0.292. The topological polar surface area (TPSA) is 180 Å². The van der Waals surface area contributed by atoms with Crippen LogP contribution in [0.1, 0.15) is 19.7 Å². The number of oxime groups is 1. The number of thiazole rings is 1. The zero-order valence-electron chi connectivity index (χ0n) is 22.3. The molecular formula is C24H23N8O6S4+. The van der Waals surface area contributed by atoms with Gasteiger partial charge in [-0.05, 0) is 6.92 Å². The summed E-state index contributed by atoms with van der Waals surface area (Å²) in [5.74, 6) is -2.75. The second-order valence-electron chi connectivity index (χ2n) is 8.75. The Kier molecular flexibility index (Phi) is 8.85. The van der Waals surface area contributed by atoms with E-state index in [2.05, 4.69) is 30.1 Å². The number of thioether (sulfide) groups is 2. The van der Waals surface area contributed by atoms with Crippen LogP contribution in [0.15, 0.2) is 50.0 Å². The maximum atomic E-state index is 13.2. The van der Waals surface area contributed by atoms with Crippen LogP contribution in [0.25, 0.3) is 11.3 Å². The molecule has 1 saturated heterocycles. The van der Waals surface area contributed by atoms with Gasteiger partial charge in [-0.15, -0.1) is 23.1 Å². The molecule has 5 heterocycles. The summed E-state index contributed by atoms with van der Waals surface area (Å²) < 4.78 is 6.62. The molecule has 3 N–H and O–H groups in total. The van der Waals surface area contributed by atoms with Gasteiger partial charge >= 0.3 is 5.97 Å². The molecule has 14 nitrogen and oxygen atoms in total. The lowest BCUT2D eigenvalue weighted by molar-refractivity contribution is -0.671. The predicted molar refractivity (Wildman–Crippen MR) is 157 cm³/mol. The molecule has 0 bridgehead atoms. The van der Waals surface area contributed by atoms with Crippen LogP contribution < -0.4 is 15.2 Å². The van der Waals surface area contributed by atoms with Crippen LogP contribution in [0.2, 0.25) is 0 Å². The van der Waals surface area contributed by atoms with Crippen molar-refractivity contribution in [1.29, 1.82) is 0 Å². The molecule has 18 heteroatoms. The number of carbonyl (C=O) groups excluding carboxylic acids is 3. The fourth-order valence-corrected chi connectivity index (χ4v) is 8.01. The molecular weight excluding hydrogens is 625 g/mol. The second-order valence-corrected chi connectivity index (χ2v) is 12.8. The molecule has 3 aromatic rings. The van der Waals surface area contributed by atoms with Crippen molar-refractivity contribution in [3.63, 3.8) is 0 Å². The minimum absolute atomic E-state index is 0.0911. The van der Waals surface area contributed by atoms with Crippen LogP contribution >= 0.6 is 46.4 Å². The zero-order valence-corrected chi connectivity index (χ0v) is 25.5. The summed E-state index contributed by atoms with van der Waals surface area (Å²) in [5.41, 5.74) is 1.29. The summed E-state index contributed by atoms with van der Waals surface area (Å²) in [4.78, 5) is 65.4. The third-order valence-corrected chi connectivity index (χ3v) is 9.93. The highest BCUT2D eigenvalue weighted by Gasteiger charge is 2.54. The van der Waals surface area contributed by atoms with E-state index in [1.165, 1.54) is 46.7 Å². The lowest BCUT2D eigenvalue weighted by atomic mass is 10.0. The Balaban J connectivity index is 1.31. The average molecular weight is 648 g/mol. The van der Waals surface area contributed by atoms with Crippen molar-refractivity contribution in [1.82, 2.24) is 24.6 Å². The van der Waals surface area contributed by atoms with E-state index in [1.54, 1.807) is 6.92 Å². The standard InChI is InChI=1S/C24H22N8O6S4/c1-4-38-29-15(18-28-23(42-30-18)25-11(2)33)19(34)27-16-20(35)32-17(22(36)37)14(10-39-21(16)32)41-24-26-13(9-40-24)12-5-7-31(3)8-6-12/h5-9,16,21H,4,10H2,1-3H3,(H2-,25,27,28,30,33,34,36,37)/p+1/b29-15+/t16-,21-/m1/s1. The Hall–Kier alpha value is -3.87. The summed E-state index contributed by atoms with van der Waals surface area (Å²) in [5, 5.41) is 20.4. The Morgan fingerprint density at radius 3 is 2.74 bits per heavy atom. The Labute approximate surface area is 255 Å². The van der Waals surface area contributed by atoms with Gasteiger partial charge < -0.3 is 20.6 Å². The molecule has 5 rings (SSSR count). The molecule has 0 unspecified atom stereocenters. The first-order valence-electron chi connectivity index (χ1n) is 12.3. The highest BCUT2D eigenvalue weighted by Crippen LogP contribution is 2.46. The molecule has 0 spiro atoms. The van der Waals surface area contributed by atoms with Gasteiger partial charge in [0.2, 0.25) is 22.6 Å². The van der Waals surface area contributed by atoms with Crippen molar-refractivity contribution in [2.75, 3.05) is 17.7 Å². The minimum atomic E-state index is -1.25. The number of hydrogen-bond donors (Lipinski definition) is 3. The fourth-order valence-electron chi connectivity index (χ4n) is 3.93. The van der Waals surface area contributed by atoms with Crippen molar-refractivity contribution in [3.8, 4) is 11.3 Å². The number of nitrogens with zero attached hydrogens (tertiary/aromatic N) is 6. The number of carbonyl (C=O) groups is 4. The minimum Gasteiger partial charge on any atom is -0.477 e. The number of pyridine rings is 1. The quantitative estimate of drug-likeness (QED) is 0.126. The Morgan fingerprint density at radius 1 is 1.29 bits per heavy atom.